The molecule has 0 saturated carbocycles. The summed E-state index contributed by atoms with van der Waals surface area (Å²) in [6.45, 7) is 0. The fourth-order valence-corrected chi connectivity index (χ4v) is 3.79. The van der Waals surface area contributed by atoms with Crippen LogP contribution in [0.3, 0.4) is 0 Å². The number of aromatic hydroxyl groups is 2. The molecule has 1 amide bonds. The number of hydrogen-bond acceptors (Lipinski definition) is 7. The van der Waals surface area contributed by atoms with Crippen LogP contribution in [0.25, 0.3) is 22.0 Å². The molecule has 4 rings (SSSR count). The van der Waals surface area contributed by atoms with E-state index in [9.17, 15) is 29.7 Å². The van der Waals surface area contributed by atoms with Gasteiger partial charge in [-0.3, -0.25) is 4.79 Å². The Balaban J connectivity index is 1.66. The molecule has 0 spiro atoms. The van der Waals surface area contributed by atoms with Crippen LogP contribution >= 0.6 is 0 Å². The molecule has 182 valence electrons. The van der Waals surface area contributed by atoms with Gasteiger partial charge >= 0.3 is 11.9 Å². The zero-order valence-electron chi connectivity index (χ0n) is 19.1. The minimum atomic E-state index is -1.24. The van der Waals surface area contributed by atoms with Crippen LogP contribution in [0.4, 0.5) is 0 Å². The number of methoxy groups -OCH3 is 1. The minimum absolute atomic E-state index is 0.0625. The monoisotopic (exact) mass is 486 g/mol. The maximum Gasteiger partial charge on any atom is 0.336 e. The van der Waals surface area contributed by atoms with Gasteiger partial charge in [0.15, 0.2) is 0 Å². The first kappa shape index (κ1) is 24.2. The van der Waals surface area contributed by atoms with Gasteiger partial charge in [-0.05, 0) is 59.2 Å². The van der Waals surface area contributed by atoms with E-state index in [1.807, 2.05) is 0 Å². The molecule has 36 heavy (non-hydrogen) atoms. The average Bonchev–Trinajstić information content (AvgIpc) is 2.88. The quantitative estimate of drug-likeness (QED) is 0.290. The van der Waals surface area contributed by atoms with E-state index in [2.05, 4.69) is 10.3 Å². The Morgan fingerprint density at radius 1 is 0.889 bits per heavy atom. The van der Waals surface area contributed by atoms with Crippen LogP contribution in [0.1, 0.15) is 26.4 Å². The van der Waals surface area contributed by atoms with Gasteiger partial charge in [0.2, 0.25) is 0 Å². The summed E-state index contributed by atoms with van der Waals surface area (Å²) in [6.07, 6.45) is 0.0913. The third-order valence-corrected chi connectivity index (χ3v) is 5.64. The van der Waals surface area contributed by atoms with E-state index in [0.29, 0.717) is 16.5 Å². The fourth-order valence-electron chi connectivity index (χ4n) is 3.79. The van der Waals surface area contributed by atoms with Gasteiger partial charge in [-0.15, -0.1) is 0 Å². The Morgan fingerprint density at radius 2 is 1.50 bits per heavy atom. The molecule has 0 aliphatic heterocycles. The van der Waals surface area contributed by atoms with Crippen LogP contribution < -0.4 is 5.32 Å². The predicted octanol–water partition coefficient (Wildman–Crippen LogP) is 3.53. The molecule has 4 aromatic rings. The van der Waals surface area contributed by atoms with Crippen LogP contribution in [-0.4, -0.2) is 51.3 Å². The number of phenols is 2. The van der Waals surface area contributed by atoms with Crippen LogP contribution in [0.2, 0.25) is 0 Å². The Kier molecular flexibility index (Phi) is 6.82. The SMILES string of the molecule is COC(=O)C(Cc1ccc(O)cc1)NC(=O)c1cc(C(=O)O)c2cc(-c3ccc(O)cc3)ccc2n1. The number of nitrogens with zero attached hydrogens (tertiary/aromatic N) is 1. The number of amides is 1. The third-order valence-electron chi connectivity index (χ3n) is 5.64. The van der Waals surface area contributed by atoms with E-state index in [1.165, 1.54) is 31.4 Å². The van der Waals surface area contributed by atoms with Gasteiger partial charge in [-0.25, -0.2) is 14.6 Å². The summed E-state index contributed by atoms with van der Waals surface area (Å²) in [6, 6.07) is 17.7. The number of fused-ring (bicyclic) bond motifs is 1. The molecule has 0 aliphatic rings. The number of ether oxygens (including phenoxy) is 1. The number of rotatable bonds is 7. The summed E-state index contributed by atoms with van der Waals surface area (Å²) in [5.41, 5.74) is 2.14. The van der Waals surface area contributed by atoms with Gasteiger partial charge in [-0.1, -0.05) is 30.3 Å². The van der Waals surface area contributed by atoms with E-state index in [-0.39, 0.29) is 34.7 Å². The number of carboxylic acids is 1. The molecule has 0 saturated heterocycles. The van der Waals surface area contributed by atoms with Crippen molar-refractivity contribution in [3.05, 3.63) is 89.6 Å². The fraction of sp³-hybridized carbons (Fsp3) is 0.111. The second kappa shape index (κ2) is 10.1. The number of nitrogens with one attached hydrogen (secondary N) is 1. The maximum absolute atomic E-state index is 13.0. The lowest BCUT2D eigenvalue weighted by atomic mass is 10.00. The van der Waals surface area contributed by atoms with Crippen molar-refractivity contribution in [2.45, 2.75) is 12.5 Å². The third kappa shape index (κ3) is 5.25. The highest BCUT2D eigenvalue weighted by atomic mass is 16.5. The largest absolute Gasteiger partial charge is 0.508 e. The highest BCUT2D eigenvalue weighted by molar-refractivity contribution is 6.07. The molecule has 0 bridgehead atoms. The van der Waals surface area contributed by atoms with Gasteiger partial charge in [0, 0.05) is 11.8 Å². The highest BCUT2D eigenvalue weighted by Crippen LogP contribution is 2.28. The molecule has 1 heterocycles. The number of hydrogen-bond donors (Lipinski definition) is 4. The first-order valence-electron chi connectivity index (χ1n) is 10.9. The number of carbonyl (C=O) groups is 3. The van der Waals surface area contributed by atoms with Crippen molar-refractivity contribution >= 4 is 28.7 Å². The van der Waals surface area contributed by atoms with Crippen molar-refractivity contribution < 1.29 is 34.4 Å². The molecule has 9 nitrogen and oxygen atoms in total. The summed E-state index contributed by atoms with van der Waals surface area (Å²) in [4.78, 5) is 41.7. The standard InChI is InChI=1S/C27H22N2O7/c1-36-27(35)24(12-15-2-7-18(30)8-3-15)29-25(32)23-14-21(26(33)34)20-13-17(6-11-22(20)28-23)16-4-9-19(31)10-5-16/h2-11,13-14,24,30-31H,12H2,1H3,(H,29,32)(H,33,34). The number of benzene rings is 3. The molecule has 4 N–H and O–H groups in total. The van der Waals surface area contributed by atoms with Crippen molar-refractivity contribution in [3.63, 3.8) is 0 Å². The smallest absolute Gasteiger partial charge is 0.336 e. The van der Waals surface area contributed by atoms with E-state index >= 15 is 0 Å². The number of aromatic carboxylic acids is 1. The summed E-state index contributed by atoms with van der Waals surface area (Å²) < 4.78 is 4.81. The molecule has 3 aromatic carbocycles. The Hall–Kier alpha value is -4.92. The highest BCUT2D eigenvalue weighted by Gasteiger charge is 2.25. The number of pyridine rings is 1. The number of carboxylic acid groups (broad SMARTS) is 1. The Morgan fingerprint density at radius 3 is 2.11 bits per heavy atom. The zero-order valence-corrected chi connectivity index (χ0v) is 19.1. The van der Waals surface area contributed by atoms with Crippen molar-refractivity contribution in [2.75, 3.05) is 7.11 Å². The van der Waals surface area contributed by atoms with Crippen LogP contribution in [0.5, 0.6) is 11.5 Å². The molecule has 1 unspecified atom stereocenters. The van der Waals surface area contributed by atoms with Crippen LogP contribution in [0, 0.1) is 0 Å². The maximum atomic E-state index is 13.0. The summed E-state index contributed by atoms with van der Waals surface area (Å²) in [5.74, 6) is -2.50. The van der Waals surface area contributed by atoms with Gasteiger partial charge in [0.1, 0.15) is 23.2 Å². The van der Waals surface area contributed by atoms with Gasteiger partial charge in [0.25, 0.3) is 5.91 Å². The van der Waals surface area contributed by atoms with E-state index < -0.39 is 23.9 Å². The van der Waals surface area contributed by atoms with Crippen molar-refractivity contribution in [3.8, 4) is 22.6 Å². The van der Waals surface area contributed by atoms with Crippen molar-refractivity contribution in [2.24, 2.45) is 0 Å². The summed E-state index contributed by atoms with van der Waals surface area (Å²) in [5, 5.41) is 31.7. The molecule has 0 radical (unpaired) electrons. The molecular weight excluding hydrogens is 464 g/mol. The zero-order chi connectivity index (χ0) is 25.8. The lowest BCUT2D eigenvalue weighted by Gasteiger charge is -2.17. The number of aromatic nitrogens is 1. The van der Waals surface area contributed by atoms with E-state index in [0.717, 1.165) is 11.6 Å². The first-order chi connectivity index (χ1) is 17.2. The van der Waals surface area contributed by atoms with Gasteiger partial charge in [-0.2, -0.15) is 0 Å². The molecular formula is C27H22N2O7. The van der Waals surface area contributed by atoms with E-state index in [4.69, 9.17) is 4.74 Å². The molecule has 1 aromatic heterocycles. The first-order valence-corrected chi connectivity index (χ1v) is 10.9. The number of carbonyl (C=O) groups excluding carboxylic acids is 2. The molecule has 1 atom stereocenters. The normalized spacial score (nSPS) is 11.6. The predicted molar refractivity (Wildman–Crippen MR) is 131 cm³/mol. The lowest BCUT2D eigenvalue weighted by molar-refractivity contribution is -0.142. The number of esters is 1. The molecule has 0 fully saturated rings. The molecule has 0 aliphatic carbocycles. The summed E-state index contributed by atoms with van der Waals surface area (Å²) >= 11 is 0. The second-order valence-corrected chi connectivity index (χ2v) is 8.06. The Bertz CT molecular complexity index is 1450. The average molecular weight is 486 g/mol. The Labute approximate surface area is 205 Å². The van der Waals surface area contributed by atoms with E-state index in [1.54, 1.807) is 42.5 Å². The second-order valence-electron chi connectivity index (χ2n) is 8.06. The lowest BCUT2D eigenvalue weighted by Crippen LogP contribution is -2.43. The van der Waals surface area contributed by atoms with Crippen molar-refractivity contribution in [1.29, 1.82) is 0 Å². The van der Waals surface area contributed by atoms with Crippen molar-refractivity contribution in [1.82, 2.24) is 10.3 Å². The molecule has 9 heteroatoms. The van der Waals surface area contributed by atoms with Crippen LogP contribution in [-0.2, 0) is 16.0 Å². The summed E-state index contributed by atoms with van der Waals surface area (Å²) in [7, 11) is 1.20. The van der Waals surface area contributed by atoms with Gasteiger partial charge < -0.3 is 25.4 Å². The minimum Gasteiger partial charge on any atom is -0.508 e. The van der Waals surface area contributed by atoms with Crippen LogP contribution in [0.15, 0.2) is 72.8 Å². The number of phenolic OH excluding ortho intramolecular Hbond substituents is 2. The topological polar surface area (TPSA) is 146 Å². The van der Waals surface area contributed by atoms with Gasteiger partial charge in [0.05, 0.1) is 18.2 Å².